The van der Waals surface area contributed by atoms with Crippen molar-refractivity contribution in [1.82, 2.24) is 5.32 Å². The number of carbonyl (C=O) groups excluding carboxylic acids is 1. The average Bonchev–Trinajstić information content (AvgIpc) is 2.48. The van der Waals surface area contributed by atoms with Crippen LogP contribution in [0.15, 0.2) is 48.5 Å². The van der Waals surface area contributed by atoms with Crippen molar-refractivity contribution < 1.29 is 9.53 Å². The SMILES string of the molecule is O=C(NCCOc1ccc(Cl)cc1)Nc1ccccc1Cl. The average molecular weight is 325 g/mol. The topological polar surface area (TPSA) is 50.4 Å². The predicted octanol–water partition coefficient (Wildman–Crippen LogP) is 4.19. The Hall–Kier alpha value is -1.91. The molecule has 0 saturated heterocycles. The Morgan fingerprint density at radius 3 is 2.48 bits per heavy atom. The van der Waals surface area contributed by atoms with E-state index in [0.29, 0.717) is 34.6 Å². The van der Waals surface area contributed by atoms with Crippen LogP contribution in [0.4, 0.5) is 10.5 Å². The lowest BCUT2D eigenvalue weighted by atomic mass is 10.3. The van der Waals surface area contributed by atoms with Gasteiger partial charge in [-0.3, -0.25) is 0 Å². The quantitative estimate of drug-likeness (QED) is 0.810. The van der Waals surface area contributed by atoms with E-state index in [9.17, 15) is 4.79 Å². The van der Waals surface area contributed by atoms with E-state index in [-0.39, 0.29) is 6.03 Å². The van der Waals surface area contributed by atoms with Crippen LogP contribution in [-0.2, 0) is 0 Å². The molecule has 0 atom stereocenters. The van der Waals surface area contributed by atoms with Crippen molar-refractivity contribution in [2.45, 2.75) is 0 Å². The van der Waals surface area contributed by atoms with Gasteiger partial charge in [0.05, 0.1) is 17.3 Å². The fourth-order valence-corrected chi connectivity index (χ4v) is 1.90. The molecule has 0 fully saturated rings. The fraction of sp³-hybridized carbons (Fsp3) is 0.133. The Bertz CT molecular complexity index is 603. The number of halogens is 2. The first-order valence-corrected chi connectivity index (χ1v) is 7.08. The van der Waals surface area contributed by atoms with Crippen molar-refractivity contribution in [3.8, 4) is 5.75 Å². The van der Waals surface area contributed by atoms with E-state index >= 15 is 0 Å². The number of carbonyl (C=O) groups is 1. The van der Waals surface area contributed by atoms with Gasteiger partial charge < -0.3 is 15.4 Å². The third kappa shape index (κ3) is 5.17. The molecule has 0 aliphatic rings. The van der Waals surface area contributed by atoms with Crippen LogP contribution < -0.4 is 15.4 Å². The molecule has 2 N–H and O–H groups in total. The first kappa shape index (κ1) is 15.5. The van der Waals surface area contributed by atoms with Gasteiger partial charge in [-0.15, -0.1) is 0 Å². The van der Waals surface area contributed by atoms with Gasteiger partial charge in [0.25, 0.3) is 0 Å². The van der Waals surface area contributed by atoms with Gasteiger partial charge in [0.2, 0.25) is 0 Å². The number of rotatable bonds is 5. The van der Waals surface area contributed by atoms with E-state index in [1.165, 1.54) is 0 Å². The third-order valence-corrected chi connectivity index (χ3v) is 3.17. The number of hydrogen-bond acceptors (Lipinski definition) is 2. The lowest BCUT2D eigenvalue weighted by Crippen LogP contribution is -2.32. The molecule has 6 heteroatoms. The van der Waals surface area contributed by atoms with E-state index < -0.39 is 0 Å². The van der Waals surface area contributed by atoms with Gasteiger partial charge in [-0.25, -0.2) is 4.79 Å². The van der Waals surface area contributed by atoms with E-state index in [0.717, 1.165) is 0 Å². The molecule has 2 aromatic carbocycles. The molecular formula is C15H14Cl2N2O2. The predicted molar refractivity (Wildman–Crippen MR) is 85.4 cm³/mol. The number of para-hydroxylation sites is 1. The first-order valence-electron chi connectivity index (χ1n) is 6.33. The van der Waals surface area contributed by atoms with Gasteiger partial charge in [0, 0.05) is 5.02 Å². The molecular weight excluding hydrogens is 311 g/mol. The molecule has 0 radical (unpaired) electrons. The molecule has 2 rings (SSSR count). The Morgan fingerprint density at radius 1 is 1.05 bits per heavy atom. The second-order valence-corrected chi connectivity index (χ2v) is 5.01. The number of urea groups is 1. The van der Waals surface area contributed by atoms with Crippen LogP contribution in [0, 0.1) is 0 Å². The summed E-state index contributed by atoms with van der Waals surface area (Å²) in [6.07, 6.45) is 0. The highest BCUT2D eigenvalue weighted by Gasteiger charge is 2.04. The van der Waals surface area contributed by atoms with E-state index in [1.54, 1.807) is 48.5 Å². The molecule has 0 aromatic heterocycles. The number of ether oxygens (including phenoxy) is 1. The van der Waals surface area contributed by atoms with Crippen LogP contribution in [0.3, 0.4) is 0 Å². The zero-order valence-corrected chi connectivity index (χ0v) is 12.6. The molecule has 21 heavy (non-hydrogen) atoms. The van der Waals surface area contributed by atoms with Crippen molar-refractivity contribution in [3.05, 3.63) is 58.6 Å². The zero-order chi connectivity index (χ0) is 15.1. The van der Waals surface area contributed by atoms with E-state index in [2.05, 4.69) is 10.6 Å². The van der Waals surface area contributed by atoms with Crippen molar-refractivity contribution in [2.24, 2.45) is 0 Å². The normalized spacial score (nSPS) is 10.0. The summed E-state index contributed by atoms with van der Waals surface area (Å²) < 4.78 is 5.46. The lowest BCUT2D eigenvalue weighted by molar-refractivity contribution is 0.247. The van der Waals surface area contributed by atoms with Crippen LogP contribution in [0.25, 0.3) is 0 Å². The summed E-state index contributed by atoms with van der Waals surface area (Å²) in [5.74, 6) is 0.702. The highest BCUT2D eigenvalue weighted by molar-refractivity contribution is 6.33. The fourth-order valence-electron chi connectivity index (χ4n) is 1.59. The van der Waals surface area contributed by atoms with Gasteiger partial charge >= 0.3 is 6.03 Å². The van der Waals surface area contributed by atoms with Crippen molar-refractivity contribution >= 4 is 34.9 Å². The molecule has 2 aromatic rings. The van der Waals surface area contributed by atoms with Crippen LogP contribution in [-0.4, -0.2) is 19.2 Å². The van der Waals surface area contributed by atoms with Gasteiger partial charge in [0.15, 0.2) is 0 Å². The summed E-state index contributed by atoms with van der Waals surface area (Å²) in [7, 11) is 0. The minimum atomic E-state index is -0.331. The van der Waals surface area contributed by atoms with Crippen molar-refractivity contribution in [1.29, 1.82) is 0 Å². The summed E-state index contributed by atoms with van der Waals surface area (Å²) in [5.41, 5.74) is 0.565. The first-order chi connectivity index (χ1) is 10.1. The Morgan fingerprint density at radius 2 is 1.76 bits per heavy atom. The molecule has 0 spiro atoms. The molecule has 110 valence electrons. The monoisotopic (exact) mass is 324 g/mol. The summed E-state index contributed by atoms with van der Waals surface area (Å²) >= 11 is 11.7. The molecule has 0 unspecified atom stereocenters. The van der Waals surface area contributed by atoms with Gasteiger partial charge in [-0.2, -0.15) is 0 Å². The minimum Gasteiger partial charge on any atom is -0.492 e. The molecule has 0 aliphatic carbocycles. The Kier molecular flexibility index (Phi) is 5.72. The number of benzene rings is 2. The Labute approximate surface area is 133 Å². The largest absolute Gasteiger partial charge is 0.492 e. The molecule has 0 heterocycles. The standard InChI is InChI=1S/C15H14Cl2N2O2/c16-11-5-7-12(8-6-11)21-10-9-18-15(20)19-14-4-2-1-3-13(14)17/h1-8H,9-10H2,(H2,18,19,20). The molecule has 4 nitrogen and oxygen atoms in total. The molecule has 0 aliphatic heterocycles. The van der Waals surface area contributed by atoms with Gasteiger partial charge in [-0.05, 0) is 36.4 Å². The van der Waals surface area contributed by atoms with Crippen LogP contribution in [0.5, 0.6) is 5.75 Å². The van der Waals surface area contributed by atoms with E-state index in [4.69, 9.17) is 27.9 Å². The maximum Gasteiger partial charge on any atom is 0.319 e. The summed E-state index contributed by atoms with van der Waals surface area (Å²) in [6, 6.07) is 13.7. The number of amides is 2. The lowest BCUT2D eigenvalue weighted by Gasteiger charge is -2.10. The summed E-state index contributed by atoms with van der Waals surface area (Å²) in [5, 5.41) is 6.48. The summed E-state index contributed by atoms with van der Waals surface area (Å²) in [4.78, 5) is 11.7. The molecule has 0 saturated carbocycles. The summed E-state index contributed by atoms with van der Waals surface area (Å²) in [6.45, 7) is 0.733. The molecule has 2 amide bonds. The van der Waals surface area contributed by atoms with Crippen molar-refractivity contribution in [3.63, 3.8) is 0 Å². The van der Waals surface area contributed by atoms with E-state index in [1.807, 2.05) is 0 Å². The number of nitrogens with one attached hydrogen (secondary N) is 2. The smallest absolute Gasteiger partial charge is 0.319 e. The van der Waals surface area contributed by atoms with Gasteiger partial charge in [0.1, 0.15) is 12.4 Å². The van der Waals surface area contributed by atoms with Gasteiger partial charge in [-0.1, -0.05) is 35.3 Å². The highest BCUT2D eigenvalue weighted by Crippen LogP contribution is 2.20. The number of hydrogen-bond donors (Lipinski definition) is 2. The maximum atomic E-state index is 11.7. The van der Waals surface area contributed by atoms with Crippen LogP contribution >= 0.6 is 23.2 Å². The number of anilines is 1. The third-order valence-electron chi connectivity index (χ3n) is 2.59. The Balaban J connectivity index is 1.70. The van der Waals surface area contributed by atoms with Crippen molar-refractivity contribution in [2.75, 3.05) is 18.5 Å². The zero-order valence-electron chi connectivity index (χ0n) is 11.1. The minimum absolute atomic E-state index is 0.331. The highest BCUT2D eigenvalue weighted by atomic mass is 35.5. The second-order valence-electron chi connectivity index (χ2n) is 4.16. The van der Waals surface area contributed by atoms with Crippen LogP contribution in [0.2, 0.25) is 10.0 Å². The second kappa shape index (κ2) is 7.76. The molecule has 0 bridgehead atoms. The van der Waals surface area contributed by atoms with Crippen LogP contribution in [0.1, 0.15) is 0 Å². The maximum absolute atomic E-state index is 11.7.